The van der Waals surface area contributed by atoms with Crippen LogP contribution in [0.5, 0.6) is 0 Å². The number of unbranched alkanes of at least 4 members (excludes halogenated alkanes) is 1. The number of carbonyl (C=O) groups is 1. The van der Waals surface area contributed by atoms with Gasteiger partial charge in [-0.2, -0.15) is 0 Å². The molecule has 0 atom stereocenters. The molecule has 0 aromatic rings. The number of nitrogens with zero attached hydrogens (tertiary/aromatic N) is 3. The third kappa shape index (κ3) is 8.83. The number of esters is 1. The van der Waals surface area contributed by atoms with E-state index in [4.69, 9.17) is 15.0 Å². The average molecular weight is 201 g/mol. The van der Waals surface area contributed by atoms with Crippen molar-refractivity contribution in [2.45, 2.75) is 19.8 Å². The number of azide groups is 1. The summed E-state index contributed by atoms with van der Waals surface area (Å²) in [6, 6.07) is 0. The number of carbonyl (C=O) groups excluding carboxylic acids is 1. The molecule has 6 nitrogen and oxygen atoms in total. The van der Waals surface area contributed by atoms with Crippen LogP contribution in [0.1, 0.15) is 19.8 Å². The lowest BCUT2D eigenvalue weighted by molar-refractivity contribution is -0.143. The Hall–Kier alpha value is -1.26. The van der Waals surface area contributed by atoms with Gasteiger partial charge in [-0.15, -0.1) is 0 Å². The van der Waals surface area contributed by atoms with E-state index in [0.717, 1.165) is 12.8 Å². The summed E-state index contributed by atoms with van der Waals surface area (Å²) in [5.41, 5.74) is 7.91. The van der Waals surface area contributed by atoms with Crippen molar-refractivity contribution < 1.29 is 14.3 Å². The van der Waals surface area contributed by atoms with Gasteiger partial charge in [-0.05, 0) is 12.0 Å². The minimum atomic E-state index is -0.526. The molecule has 0 bridgehead atoms. The predicted molar refractivity (Wildman–Crippen MR) is 50.7 cm³/mol. The van der Waals surface area contributed by atoms with Crippen LogP contribution in [0, 0.1) is 0 Å². The van der Waals surface area contributed by atoms with Gasteiger partial charge in [0.25, 0.3) is 0 Å². The highest BCUT2D eigenvalue weighted by Gasteiger charge is 1.99. The molecule has 0 aliphatic rings. The summed E-state index contributed by atoms with van der Waals surface area (Å²) in [6.07, 6.45) is 2.09. The van der Waals surface area contributed by atoms with Crippen LogP contribution < -0.4 is 0 Å². The highest BCUT2D eigenvalue weighted by Crippen LogP contribution is 1.88. The van der Waals surface area contributed by atoms with Crippen LogP contribution in [0.2, 0.25) is 0 Å². The van der Waals surface area contributed by atoms with Gasteiger partial charge < -0.3 is 9.47 Å². The van der Waals surface area contributed by atoms with Gasteiger partial charge in [0.2, 0.25) is 0 Å². The first-order chi connectivity index (χ1) is 6.81. The van der Waals surface area contributed by atoms with Crippen molar-refractivity contribution in [2.24, 2.45) is 5.11 Å². The summed E-state index contributed by atoms with van der Waals surface area (Å²) in [6.45, 7) is 3.10. The SMILES string of the molecule is CCCCOCCOC(=O)CN=[N+]=[N-]. The molecule has 0 saturated heterocycles. The van der Waals surface area contributed by atoms with E-state index in [9.17, 15) is 4.79 Å². The third-order valence-corrected chi connectivity index (χ3v) is 1.40. The number of rotatable bonds is 8. The Morgan fingerprint density at radius 1 is 1.43 bits per heavy atom. The molecule has 0 unspecified atom stereocenters. The molecule has 0 aromatic heterocycles. The zero-order chi connectivity index (χ0) is 10.6. The molecule has 0 rings (SSSR count). The minimum Gasteiger partial charge on any atom is -0.463 e. The van der Waals surface area contributed by atoms with Crippen molar-refractivity contribution in [3.05, 3.63) is 10.4 Å². The number of hydrogen-bond acceptors (Lipinski definition) is 4. The van der Waals surface area contributed by atoms with Crippen LogP contribution >= 0.6 is 0 Å². The fraction of sp³-hybridized carbons (Fsp3) is 0.875. The molecule has 0 aromatic carbocycles. The first-order valence-corrected chi connectivity index (χ1v) is 4.55. The Morgan fingerprint density at radius 3 is 2.86 bits per heavy atom. The molecule has 0 aliphatic carbocycles. The molecule has 80 valence electrons. The first-order valence-electron chi connectivity index (χ1n) is 4.55. The molecule has 14 heavy (non-hydrogen) atoms. The fourth-order valence-electron chi connectivity index (χ4n) is 0.698. The maximum absolute atomic E-state index is 10.7. The van der Waals surface area contributed by atoms with Gasteiger partial charge >= 0.3 is 5.97 Å². The molecule has 0 N–H and O–H groups in total. The van der Waals surface area contributed by atoms with E-state index in [1.165, 1.54) is 0 Å². The zero-order valence-corrected chi connectivity index (χ0v) is 8.31. The van der Waals surface area contributed by atoms with Gasteiger partial charge in [0, 0.05) is 11.5 Å². The molecule has 0 aliphatic heterocycles. The Balaban J connectivity index is 3.18. The molecule has 0 spiro atoms. The first kappa shape index (κ1) is 12.7. The monoisotopic (exact) mass is 201 g/mol. The normalized spacial score (nSPS) is 9.21. The second-order valence-corrected chi connectivity index (χ2v) is 2.58. The van der Waals surface area contributed by atoms with E-state index in [0.29, 0.717) is 13.2 Å². The van der Waals surface area contributed by atoms with Crippen LogP contribution in [0.15, 0.2) is 5.11 Å². The minimum absolute atomic E-state index is 0.212. The van der Waals surface area contributed by atoms with Crippen LogP contribution in [0.4, 0.5) is 0 Å². The van der Waals surface area contributed by atoms with Gasteiger partial charge in [0.1, 0.15) is 13.2 Å². The zero-order valence-electron chi connectivity index (χ0n) is 8.31. The van der Waals surface area contributed by atoms with Crippen molar-refractivity contribution in [2.75, 3.05) is 26.4 Å². The van der Waals surface area contributed by atoms with Gasteiger partial charge in [0.15, 0.2) is 0 Å². The summed E-state index contributed by atoms with van der Waals surface area (Å²) in [5, 5.41) is 3.07. The van der Waals surface area contributed by atoms with Crippen LogP contribution in [-0.2, 0) is 14.3 Å². The molecule has 0 fully saturated rings. The van der Waals surface area contributed by atoms with E-state index in [1.54, 1.807) is 0 Å². The van der Waals surface area contributed by atoms with Gasteiger partial charge in [-0.25, -0.2) is 0 Å². The summed E-state index contributed by atoms with van der Waals surface area (Å²) in [4.78, 5) is 13.2. The van der Waals surface area contributed by atoms with E-state index in [-0.39, 0.29) is 13.2 Å². The second kappa shape index (κ2) is 9.83. The second-order valence-electron chi connectivity index (χ2n) is 2.58. The van der Waals surface area contributed by atoms with E-state index >= 15 is 0 Å². The van der Waals surface area contributed by atoms with Crippen LogP contribution in [0.3, 0.4) is 0 Å². The maximum Gasteiger partial charge on any atom is 0.311 e. The lowest BCUT2D eigenvalue weighted by atomic mass is 10.4. The average Bonchev–Trinajstić information content (AvgIpc) is 2.20. The molecular formula is C8H15N3O3. The van der Waals surface area contributed by atoms with Gasteiger partial charge in [-0.3, -0.25) is 4.79 Å². The van der Waals surface area contributed by atoms with Crippen molar-refractivity contribution in [1.82, 2.24) is 0 Å². The maximum atomic E-state index is 10.7. The Bertz CT molecular complexity index is 202. The molecule has 0 heterocycles. The molecule has 6 heteroatoms. The summed E-state index contributed by atoms with van der Waals surface area (Å²) < 4.78 is 9.84. The van der Waals surface area contributed by atoms with Gasteiger partial charge in [0.05, 0.1) is 6.61 Å². The Morgan fingerprint density at radius 2 is 2.21 bits per heavy atom. The highest BCUT2D eigenvalue weighted by atomic mass is 16.6. The quantitative estimate of drug-likeness (QED) is 0.197. The molecule has 0 radical (unpaired) electrons. The van der Waals surface area contributed by atoms with E-state index < -0.39 is 5.97 Å². The van der Waals surface area contributed by atoms with Crippen molar-refractivity contribution in [3.63, 3.8) is 0 Å². The van der Waals surface area contributed by atoms with Crippen molar-refractivity contribution >= 4 is 5.97 Å². The predicted octanol–water partition coefficient (Wildman–Crippen LogP) is 1.66. The third-order valence-electron chi connectivity index (χ3n) is 1.40. The fourth-order valence-corrected chi connectivity index (χ4v) is 0.698. The highest BCUT2D eigenvalue weighted by molar-refractivity contribution is 5.71. The number of hydrogen-bond donors (Lipinski definition) is 0. The van der Waals surface area contributed by atoms with Crippen molar-refractivity contribution in [1.29, 1.82) is 0 Å². The Labute approximate surface area is 82.8 Å². The standard InChI is InChI=1S/C8H15N3O3/c1-2-3-4-13-5-6-14-8(12)7-10-11-9/h2-7H2,1H3. The summed E-state index contributed by atoms with van der Waals surface area (Å²) in [5.74, 6) is -0.526. The largest absolute Gasteiger partial charge is 0.463 e. The summed E-state index contributed by atoms with van der Waals surface area (Å²) >= 11 is 0. The van der Waals surface area contributed by atoms with E-state index in [1.807, 2.05) is 0 Å². The summed E-state index contributed by atoms with van der Waals surface area (Å²) in [7, 11) is 0. The molecule has 0 saturated carbocycles. The van der Waals surface area contributed by atoms with Crippen LogP contribution in [-0.4, -0.2) is 32.3 Å². The Kier molecular flexibility index (Phi) is 8.94. The molecule has 0 amide bonds. The lowest BCUT2D eigenvalue weighted by Gasteiger charge is -2.03. The smallest absolute Gasteiger partial charge is 0.311 e. The lowest BCUT2D eigenvalue weighted by Crippen LogP contribution is -2.12. The van der Waals surface area contributed by atoms with Crippen LogP contribution in [0.25, 0.3) is 10.4 Å². The topological polar surface area (TPSA) is 84.3 Å². The number of ether oxygens (including phenoxy) is 2. The molecular weight excluding hydrogens is 186 g/mol. The van der Waals surface area contributed by atoms with E-state index in [2.05, 4.69) is 16.9 Å². The van der Waals surface area contributed by atoms with Gasteiger partial charge in [-0.1, -0.05) is 18.5 Å². The van der Waals surface area contributed by atoms with Crippen molar-refractivity contribution in [3.8, 4) is 0 Å².